The molecule has 74 valence electrons. The molecule has 0 atom stereocenters. The predicted molar refractivity (Wildman–Crippen MR) is 53.5 cm³/mol. The molecule has 1 amide bonds. The quantitative estimate of drug-likeness (QED) is 0.768. The van der Waals surface area contributed by atoms with E-state index in [1.54, 1.807) is 24.3 Å². The van der Waals surface area contributed by atoms with Crippen LogP contribution < -0.4 is 5.32 Å². The smallest absolute Gasteiger partial charge is 0.279 e. The average Bonchev–Trinajstić information content (AvgIpc) is 2.16. The second kappa shape index (κ2) is 4.77. The summed E-state index contributed by atoms with van der Waals surface area (Å²) < 4.78 is 12.3. The van der Waals surface area contributed by atoms with Crippen molar-refractivity contribution in [2.24, 2.45) is 0 Å². The van der Waals surface area contributed by atoms with Gasteiger partial charge in [-0.05, 0) is 11.6 Å². The minimum absolute atomic E-state index is 0.196. The first-order chi connectivity index (χ1) is 6.61. The Hall–Kier alpha value is -1.35. The van der Waals surface area contributed by atoms with Gasteiger partial charge in [0.05, 0.1) is 0 Å². The molecule has 0 aliphatic carbocycles. The number of rotatable bonds is 3. The van der Waals surface area contributed by atoms with Gasteiger partial charge in [-0.25, -0.2) is 4.39 Å². The maximum Gasteiger partial charge on any atom is 0.279 e. The van der Waals surface area contributed by atoms with Crippen molar-refractivity contribution >= 4 is 17.5 Å². The van der Waals surface area contributed by atoms with Crippen molar-refractivity contribution in [1.82, 2.24) is 5.32 Å². The fourth-order valence-electron chi connectivity index (χ4n) is 0.913. The maximum absolute atomic E-state index is 12.3. The molecule has 0 fully saturated rings. The van der Waals surface area contributed by atoms with E-state index in [-0.39, 0.29) is 6.54 Å². The Balaban J connectivity index is 2.58. The zero-order valence-electron chi connectivity index (χ0n) is 7.39. The third-order valence-electron chi connectivity index (χ3n) is 1.64. The van der Waals surface area contributed by atoms with Crippen LogP contribution in [0.1, 0.15) is 5.56 Å². The summed E-state index contributed by atoms with van der Waals surface area (Å²) in [5, 5.41) is 2.88. The van der Waals surface area contributed by atoms with Gasteiger partial charge in [0.2, 0.25) is 0 Å². The lowest BCUT2D eigenvalue weighted by atomic mass is 10.2. The monoisotopic (exact) mass is 213 g/mol. The normalized spacial score (nSPS) is 9.57. The van der Waals surface area contributed by atoms with Gasteiger partial charge in [-0.2, -0.15) is 0 Å². The van der Waals surface area contributed by atoms with Crippen LogP contribution in [0, 0.1) is 0 Å². The van der Waals surface area contributed by atoms with E-state index >= 15 is 0 Å². The molecule has 1 aromatic carbocycles. The number of hydrogen-bond donors (Lipinski definition) is 1. The molecule has 1 aromatic rings. The Morgan fingerprint density at radius 3 is 2.71 bits per heavy atom. The SMILES string of the molecule is C=C(F)C(=O)NCc1ccccc1Cl. The molecule has 0 aromatic heterocycles. The highest BCUT2D eigenvalue weighted by molar-refractivity contribution is 6.31. The fourth-order valence-corrected chi connectivity index (χ4v) is 1.12. The Morgan fingerprint density at radius 1 is 1.50 bits per heavy atom. The zero-order chi connectivity index (χ0) is 10.6. The second-order valence-electron chi connectivity index (χ2n) is 2.68. The highest BCUT2D eigenvalue weighted by Crippen LogP contribution is 2.14. The van der Waals surface area contributed by atoms with Gasteiger partial charge in [-0.15, -0.1) is 0 Å². The van der Waals surface area contributed by atoms with Crippen molar-refractivity contribution in [3.8, 4) is 0 Å². The number of carbonyl (C=O) groups excluding carboxylic acids is 1. The molecule has 4 heteroatoms. The Kier molecular flexibility index (Phi) is 3.65. The number of carbonyl (C=O) groups is 1. The standard InChI is InChI=1S/C10H9ClFNO/c1-7(12)10(14)13-6-8-4-2-3-5-9(8)11/h2-5H,1,6H2,(H,13,14). The van der Waals surface area contributed by atoms with E-state index < -0.39 is 11.7 Å². The molecule has 0 aliphatic heterocycles. The molecule has 0 saturated carbocycles. The summed E-state index contributed by atoms with van der Waals surface area (Å²) in [6.45, 7) is 3.07. The van der Waals surface area contributed by atoms with Crippen molar-refractivity contribution in [3.05, 3.63) is 47.3 Å². The van der Waals surface area contributed by atoms with Gasteiger partial charge in [0.15, 0.2) is 5.83 Å². The van der Waals surface area contributed by atoms with E-state index in [1.165, 1.54) is 0 Å². The Bertz CT molecular complexity index is 365. The van der Waals surface area contributed by atoms with E-state index in [4.69, 9.17) is 11.6 Å². The van der Waals surface area contributed by atoms with E-state index in [0.717, 1.165) is 5.56 Å². The van der Waals surface area contributed by atoms with Gasteiger partial charge in [0, 0.05) is 11.6 Å². The number of nitrogens with one attached hydrogen (secondary N) is 1. The lowest BCUT2D eigenvalue weighted by Crippen LogP contribution is -2.22. The minimum Gasteiger partial charge on any atom is -0.346 e. The Labute approximate surface area is 86.4 Å². The highest BCUT2D eigenvalue weighted by Gasteiger charge is 2.05. The van der Waals surface area contributed by atoms with Crippen molar-refractivity contribution < 1.29 is 9.18 Å². The van der Waals surface area contributed by atoms with Crippen LogP contribution >= 0.6 is 11.6 Å². The number of benzene rings is 1. The highest BCUT2D eigenvalue weighted by atomic mass is 35.5. The van der Waals surface area contributed by atoms with E-state index in [0.29, 0.717) is 5.02 Å². The van der Waals surface area contributed by atoms with Crippen LogP contribution in [0.5, 0.6) is 0 Å². The molecule has 0 saturated heterocycles. The molecule has 0 spiro atoms. The van der Waals surface area contributed by atoms with Gasteiger partial charge < -0.3 is 5.32 Å². The van der Waals surface area contributed by atoms with E-state index in [9.17, 15) is 9.18 Å². The summed E-state index contributed by atoms with van der Waals surface area (Å²) in [5.74, 6) is -1.82. The van der Waals surface area contributed by atoms with Gasteiger partial charge in [-0.3, -0.25) is 4.79 Å². The Morgan fingerprint density at radius 2 is 2.14 bits per heavy atom. The molecule has 0 aliphatic rings. The molecule has 0 heterocycles. The third kappa shape index (κ3) is 2.85. The molecule has 0 unspecified atom stereocenters. The summed E-state index contributed by atoms with van der Waals surface area (Å²) in [4.78, 5) is 10.8. The van der Waals surface area contributed by atoms with Gasteiger partial charge in [0.1, 0.15) is 0 Å². The summed E-state index contributed by atoms with van der Waals surface area (Å²) in [7, 11) is 0. The van der Waals surface area contributed by atoms with Crippen LogP contribution in [0.2, 0.25) is 5.02 Å². The third-order valence-corrected chi connectivity index (χ3v) is 2.01. The maximum atomic E-state index is 12.3. The van der Waals surface area contributed by atoms with Gasteiger partial charge in [0.25, 0.3) is 5.91 Å². The van der Waals surface area contributed by atoms with Crippen molar-refractivity contribution in [2.45, 2.75) is 6.54 Å². The lowest BCUT2D eigenvalue weighted by molar-refractivity contribution is -0.119. The molecular weight excluding hydrogens is 205 g/mol. The molecule has 2 nitrogen and oxygen atoms in total. The molecule has 14 heavy (non-hydrogen) atoms. The van der Waals surface area contributed by atoms with E-state index in [1.807, 2.05) is 0 Å². The van der Waals surface area contributed by atoms with Gasteiger partial charge in [-0.1, -0.05) is 36.4 Å². The predicted octanol–water partition coefficient (Wildman–Crippen LogP) is 2.44. The van der Waals surface area contributed by atoms with Crippen LogP contribution in [0.3, 0.4) is 0 Å². The minimum atomic E-state index is -1.00. The van der Waals surface area contributed by atoms with Crippen LogP contribution in [0.15, 0.2) is 36.7 Å². The summed E-state index contributed by atoms with van der Waals surface area (Å²) in [5.41, 5.74) is 0.740. The molecule has 0 radical (unpaired) electrons. The van der Waals surface area contributed by atoms with E-state index in [2.05, 4.69) is 11.9 Å². The topological polar surface area (TPSA) is 29.1 Å². The lowest BCUT2D eigenvalue weighted by Gasteiger charge is -2.04. The zero-order valence-corrected chi connectivity index (χ0v) is 8.14. The number of hydrogen-bond acceptors (Lipinski definition) is 1. The summed E-state index contributed by atoms with van der Waals surface area (Å²) >= 11 is 5.82. The summed E-state index contributed by atoms with van der Waals surface area (Å²) in [6, 6.07) is 7.02. The second-order valence-corrected chi connectivity index (χ2v) is 3.09. The van der Waals surface area contributed by atoms with Crippen LogP contribution in [-0.4, -0.2) is 5.91 Å². The molecular formula is C10H9ClFNO. The first-order valence-corrected chi connectivity index (χ1v) is 4.35. The van der Waals surface area contributed by atoms with Crippen LogP contribution in [0.25, 0.3) is 0 Å². The first-order valence-electron chi connectivity index (χ1n) is 3.97. The van der Waals surface area contributed by atoms with Crippen LogP contribution in [0.4, 0.5) is 4.39 Å². The van der Waals surface area contributed by atoms with Crippen molar-refractivity contribution in [1.29, 1.82) is 0 Å². The average molecular weight is 214 g/mol. The first kappa shape index (κ1) is 10.7. The number of amides is 1. The van der Waals surface area contributed by atoms with Crippen LogP contribution in [-0.2, 0) is 11.3 Å². The largest absolute Gasteiger partial charge is 0.346 e. The molecule has 1 N–H and O–H groups in total. The number of halogens is 2. The van der Waals surface area contributed by atoms with Gasteiger partial charge >= 0.3 is 0 Å². The van der Waals surface area contributed by atoms with Crippen molar-refractivity contribution in [3.63, 3.8) is 0 Å². The molecule has 1 rings (SSSR count). The molecule has 0 bridgehead atoms. The fraction of sp³-hybridized carbons (Fsp3) is 0.100. The summed E-state index contributed by atoms with van der Waals surface area (Å²) in [6.07, 6.45) is 0. The van der Waals surface area contributed by atoms with Crippen molar-refractivity contribution in [2.75, 3.05) is 0 Å².